The number of rotatable bonds is 5. The average molecular weight is 248 g/mol. The van der Waals surface area contributed by atoms with Crippen LogP contribution in [0.3, 0.4) is 0 Å². The van der Waals surface area contributed by atoms with E-state index < -0.39 is 0 Å². The molecule has 4 heteroatoms. The molecule has 0 unspecified atom stereocenters. The predicted molar refractivity (Wildman–Crippen MR) is 69.9 cm³/mol. The first kappa shape index (κ1) is 13.1. The molecule has 0 radical (unpaired) electrons. The van der Waals surface area contributed by atoms with Crippen molar-refractivity contribution in [3.8, 4) is 0 Å². The number of benzene rings is 1. The van der Waals surface area contributed by atoms with Gasteiger partial charge in [-0.15, -0.1) is 0 Å². The molecule has 0 saturated heterocycles. The summed E-state index contributed by atoms with van der Waals surface area (Å²) in [4.78, 5) is 11.6. The lowest BCUT2D eigenvalue weighted by atomic mass is 10.2. The van der Waals surface area contributed by atoms with Crippen molar-refractivity contribution in [3.63, 3.8) is 0 Å². The second kappa shape index (κ2) is 6.52. The molecular weight excluding hydrogens is 228 g/mol. The van der Waals surface area contributed by atoms with E-state index in [0.29, 0.717) is 6.54 Å². The first-order valence-electron chi connectivity index (χ1n) is 6.48. The number of carbonyl (C=O) groups excluding carboxylic acids is 1. The van der Waals surface area contributed by atoms with E-state index in [2.05, 4.69) is 10.6 Å². The zero-order valence-electron chi connectivity index (χ0n) is 10.4. The molecular formula is C14H20N2O2. The molecule has 4 nitrogen and oxygen atoms in total. The van der Waals surface area contributed by atoms with E-state index in [1.807, 2.05) is 30.3 Å². The van der Waals surface area contributed by atoms with Crippen LogP contribution in [0.25, 0.3) is 0 Å². The van der Waals surface area contributed by atoms with Gasteiger partial charge in [-0.2, -0.15) is 0 Å². The second-order valence-electron chi connectivity index (χ2n) is 4.75. The van der Waals surface area contributed by atoms with Crippen molar-refractivity contribution < 1.29 is 9.90 Å². The third-order valence-corrected chi connectivity index (χ3v) is 3.34. The maximum Gasteiger partial charge on any atom is 0.234 e. The van der Waals surface area contributed by atoms with Crippen molar-refractivity contribution in [2.45, 2.75) is 38.0 Å². The molecule has 2 rings (SSSR count). The molecule has 2 atom stereocenters. The molecule has 0 spiro atoms. The fraction of sp³-hybridized carbons (Fsp3) is 0.500. The molecule has 1 aromatic carbocycles. The molecule has 0 heterocycles. The highest BCUT2D eigenvalue weighted by Gasteiger charge is 2.24. The Hall–Kier alpha value is -1.39. The van der Waals surface area contributed by atoms with Crippen LogP contribution in [-0.4, -0.2) is 29.7 Å². The summed E-state index contributed by atoms with van der Waals surface area (Å²) >= 11 is 0. The van der Waals surface area contributed by atoms with Crippen LogP contribution in [0.5, 0.6) is 0 Å². The highest BCUT2D eigenvalue weighted by molar-refractivity contribution is 5.78. The molecule has 1 aliphatic carbocycles. The molecule has 1 amide bonds. The van der Waals surface area contributed by atoms with E-state index >= 15 is 0 Å². The van der Waals surface area contributed by atoms with Crippen molar-refractivity contribution in [1.29, 1.82) is 0 Å². The molecule has 1 fully saturated rings. The van der Waals surface area contributed by atoms with Gasteiger partial charge in [-0.25, -0.2) is 0 Å². The highest BCUT2D eigenvalue weighted by Crippen LogP contribution is 2.18. The molecule has 1 aromatic rings. The zero-order valence-corrected chi connectivity index (χ0v) is 10.4. The van der Waals surface area contributed by atoms with Gasteiger partial charge in [0.25, 0.3) is 0 Å². The normalized spacial score (nSPS) is 22.9. The Labute approximate surface area is 107 Å². The molecule has 0 aliphatic heterocycles. The van der Waals surface area contributed by atoms with E-state index in [0.717, 1.165) is 24.8 Å². The van der Waals surface area contributed by atoms with E-state index in [-0.39, 0.29) is 24.6 Å². The van der Waals surface area contributed by atoms with Gasteiger partial charge in [0.15, 0.2) is 0 Å². The van der Waals surface area contributed by atoms with Crippen molar-refractivity contribution in [2.75, 3.05) is 6.54 Å². The standard InChI is InChI=1S/C14H20N2O2/c17-13-8-4-7-12(13)15-10-14(18)16-9-11-5-2-1-3-6-11/h1-3,5-6,12-13,15,17H,4,7-10H2,(H,16,18)/t12-,13-/m0/s1. The minimum Gasteiger partial charge on any atom is -0.392 e. The molecule has 98 valence electrons. The number of nitrogens with one attached hydrogen (secondary N) is 2. The largest absolute Gasteiger partial charge is 0.392 e. The van der Waals surface area contributed by atoms with Crippen LogP contribution < -0.4 is 10.6 Å². The molecule has 0 aromatic heterocycles. The predicted octanol–water partition coefficient (Wildman–Crippen LogP) is 0.806. The Balaban J connectivity index is 1.66. The van der Waals surface area contributed by atoms with Crippen LogP contribution >= 0.6 is 0 Å². The quantitative estimate of drug-likeness (QED) is 0.722. The van der Waals surface area contributed by atoms with Gasteiger partial charge in [0.2, 0.25) is 5.91 Å². The summed E-state index contributed by atoms with van der Waals surface area (Å²) in [6, 6.07) is 9.90. The van der Waals surface area contributed by atoms with Crippen molar-refractivity contribution in [2.24, 2.45) is 0 Å². The zero-order chi connectivity index (χ0) is 12.8. The molecule has 0 bridgehead atoms. The van der Waals surface area contributed by atoms with Gasteiger partial charge in [-0.3, -0.25) is 4.79 Å². The van der Waals surface area contributed by atoms with Gasteiger partial charge >= 0.3 is 0 Å². The Morgan fingerprint density at radius 3 is 2.72 bits per heavy atom. The summed E-state index contributed by atoms with van der Waals surface area (Å²) in [5.74, 6) is -0.0297. The van der Waals surface area contributed by atoms with Gasteiger partial charge in [-0.05, 0) is 24.8 Å². The van der Waals surface area contributed by atoms with Gasteiger partial charge < -0.3 is 15.7 Å². The van der Waals surface area contributed by atoms with Crippen molar-refractivity contribution in [3.05, 3.63) is 35.9 Å². The fourth-order valence-electron chi connectivity index (χ4n) is 2.26. The molecule has 1 saturated carbocycles. The minimum absolute atomic E-state index is 0.0297. The lowest BCUT2D eigenvalue weighted by molar-refractivity contribution is -0.120. The second-order valence-corrected chi connectivity index (χ2v) is 4.75. The Morgan fingerprint density at radius 1 is 1.28 bits per heavy atom. The van der Waals surface area contributed by atoms with Crippen LogP contribution in [0.1, 0.15) is 24.8 Å². The topological polar surface area (TPSA) is 61.4 Å². The van der Waals surface area contributed by atoms with Crippen LogP contribution in [0, 0.1) is 0 Å². The third kappa shape index (κ3) is 3.82. The van der Waals surface area contributed by atoms with Gasteiger partial charge in [-0.1, -0.05) is 30.3 Å². The summed E-state index contributed by atoms with van der Waals surface area (Å²) in [6.07, 6.45) is 2.52. The van der Waals surface area contributed by atoms with Crippen LogP contribution in [0.15, 0.2) is 30.3 Å². The number of aliphatic hydroxyl groups is 1. The van der Waals surface area contributed by atoms with E-state index in [1.54, 1.807) is 0 Å². The third-order valence-electron chi connectivity index (χ3n) is 3.34. The molecule has 1 aliphatic rings. The minimum atomic E-state index is -0.299. The summed E-state index contributed by atoms with van der Waals surface area (Å²) in [7, 11) is 0. The first-order chi connectivity index (χ1) is 8.75. The van der Waals surface area contributed by atoms with Gasteiger partial charge in [0.05, 0.1) is 12.6 Å². The van der Waals surface area contributed by atoms with E-state index in [9.17, 15) is 9.90 Å². The average Bonchev–Trinajstić information content (AvgIpc) is 2.81. The van der Waals surface area contributed by atoms with Crippen LogP contribution in [0.4, 0.5) is 0 Å². The maximum atomic E-state index is 11.6. The maximum absolute atomic E-state index is 11.6. The van der Waals surface area contributed by atoms with Crippen molar-refractivity contribution >= 4 is 5.91 Å². The van der Waals surface area contributed by atoms with Gasteiger partial charge in [0.1, 0.15) is 0 Å². The Kier molecular flexibility index (Phi) is 4.73. The molecule has 3 N–H and O–H groups in total. The summed E-state index contributed by atoms with van der Waals surface area (Å²) < 4.78 is 0. The summed E-state index contributed by atoms with van der Waals surface area (Å²) in [5, 5.41) is 15.6. The lowest BCUT2D eigenvalue weighted by Gasteiger charge is -2.16. The molecule has 18 heavy (non-hydrogen) atoms. The van der Waals surface area contributed by atoms with Crippen molar-refractivity contribution in [1.82, 2.24) is 10.6 Å². The monoisotopic (exact) mass is 248 g/mol. The Morgan fingerprint density at radius 2 is 2.06 bits per heavy atom. The number of hydrogen-bond acceptors (Lipinski definition) is 3. The summed E-state index contributed by atoms with van der Waals surface area (Å²) in [5.41, 5.74) is 1.09. The van der Waals surface area contributed by atoms with E-state index in [4.69, 9.17) is 0 Å². The number of hydrogen-bond donors (Lipinski definition) is 3. The smallest absolute Gasteiger partial charge is 0.234 e. The fourth-order valence-corrected chi connectivity index (χ4v) is 2.26. The number of carbonyl (C=O) groups is 1. The van der Waals surface area contributed by atoms with E-state index in [1.165, 1.54) is 0 Å². The Bertz CT molecular complexity index is 381. The SMILES string of the molecule is O=C(CN[C@H]1CCC[C@@H]1O)NCc1ccccc1. The summed E-state index contributed by atoms with van der Waals surface area (Å²) in [6.45, 7) is 0.823. The van der Waals surface area contributed by atoms with Gasteiger partial charge in [0, 0.05) is 12.6 Å². The first-order valence-corrected chi connectivity index (χ1v) is 6.48. The number of aliphatic hydroxyl groups excluding tert-OH is 1. The highest BCUT2D eigenvalue weighted by atomic mass is 16.3. The number of amides is 1. The lowest BCUT2D eigenvalue weighted by Crippen LogP contribution is -2.42. The van der Waals surface area contributed by atoms with Crippen LogP contribution in [0.2, 0.25) is 0 Å². The van der Waals surface area contributed by atoms with Crippen LogP contribution in [-0.2, 0) is 11.3 Å².